The first kappa shape index (κ1) is 24.8. The molecule has 1 atom stereocenters. The molecule has 6 nitrogen and oxygen atoms in total. The van der Waals surface area contributed by atoms with Crippen LogP contribution in [0.3, 0.4) is 0 Å². The quantitative estimate of drug-likeness (QED) is 0.443. The van der Waals surface area contributed by atoms with Gasteiger partial charge in [-0.15, -0.1) is 0 Å². The number of rotatable bonds is 8. The van der Waals surface area contributed by atoms with Gasteiger partial charge in [0.1, 0.15) is 0 Å². The second kappa shape index (κ2) is 9.75. The van der Waals surface area contributed by atoms with Gasteiger partial charge in [0.05, 0.1) is 10.5 Å². The molecule has 0 saturated carbocycles. The Balaban J connectivity index is 2.10. The second-order valence-corrected chi connectivity index (χ2v) is 10.3. The van der Waals surface area contributed by atoms with E-state index in [-0.39, 0.29) is 21.7 Å². The summed E-state index contributed by atoms with van der Waals surface area (Å²) in [5.74, 6) is -0.978. The summed E-state index contributed by atoms with van der Waals surface area (Å²) in [6.45, 7) is 12.0. The number of carbonyl (C=O) groups is 2. The van der Waals surface area contributed by atoms with Crippen molar-refractivity contribution in [1.82, 2.24) is 4.31 Å². The molecule has 31 heavy (non-hydrogen) atoms. The van der Waals surface area contributed by atoms with E-state index in [0.717, 1.165) is 5.56 Å². The van der Waals surface area contributed by atoms with Gasteiger partial charge in [0.15, 0.2) is 6.10 Å². The van der Waals surface area contributed by atoms with Crippen molar-refractivity contribution < 1.29 is 22.7 Å². The van der Waals surface area contributed by atoms with E-state index in [9.17, 15) is 18.0 Å². The summed E-state index contributed by atoms with van der Waals surface area (Å²) >= 11 is 0. The van der Waals surface area contributed by atoms with Gasteiger partial charge in [0, 0.05) is 18.7 Å². The highest BCUT2D eigenvalue weighted by molar-refractivity contribution is 7.89. The van der Waals surface area contributed by atoms with Crippen LogP contribution in [0.1, 0.15) is 67.8 Å². The summed E-state index contributed by atoms with van der Waals surface area (Å²) in [4.78, 5) is 25.2. The monoisotopic (exact) mass is 445 g/mol. The molecule has 0 unspecified atom stereocenters. The largest absolute Gasteiger partial charge is 0.451 e. The van der Waals surface area contributed by atoms with Crippen LogP contribution in [0.15, 0.2) is 53.4 Å². The zero-order chi connectivity index (χ0) is 23.4. The number of ether oxygens (including phenoxy) is 1. The van der Waals surface area contributed by atoms with Crippen molar-refractivity contribution in [2.75, 3.05) is 13.1 Å². The van der Waals surface area contributed by atoms with Gasteiger partial charge < -0.3 is 4.74 Å². The number of sulfonamides is 1. The maximum atomic E-state index is 12.6. The third-order valence-corrected chi connectivity index (χ3v) is 7.19. The standard InChI is InChI=1S/C24H31NO5S/c1-7-25(8-2)31(28,29)21-15-11-19(12-16-21)23(27)30-17(3)22(26)18-9-13-20(14-10-18)24(4,5)6/h9-17H,7-8H2,1-6H3/t17-/m1/s1. The third kappa shape index (κ3) is 5.80. The molecule has 7 heteroatoms. The molecule has 0 aliphatic rings. The van der Waals surface area contributed by atoms with Crippen LogP contribution in [-0.2, 0) is 20.2 Å². The zero-order valence-electron chi connectivity index (χ0n) is 19.0. The minimum atomic E-state index is -3.60. The van der Waals surface area contributed by atoms with Gasteiger partial charge in [0.2, 0.25) is 15.8 Å². The van der Waals surface area contributed by atoms with Crippen molar-refractivity contribution in [2.45, 2.75) is 58.0 Å². The van der Waals surface area contributed by atoms with Crippen LogP contribution in [0.25, 0.3) is 0 Å². The Morgan fingerprint density at radius 1 is 0.903 bits per heavy atom. The number of Topliss-reactive ketones (excluding diaryl/α,β-unsaturated/α-hetero) is 1. The van der Waals surface area contributed by atoms with E-state index < -0.39 is 22.1 Å². The first-order valence-electron chi connectivity index (χ1n) is 10.4. The molecule has 2 aromatic carbocycles. The number of ketones is 1. The molecule has 0 aromatic heterocycles. The average Bonchev–Trinajstić information content (AvgIpc) is 2.73. The van der Waals surface area contributed by atoms with Gasteiger partial charge in [0.25, 0.3) is 0 Å². The minimum Gasteiger partial charge on any atom is -0.451 e. The molecule has 0 spiro atoms. The normalized spacial score (nSPS) is 13.1. The molecule has 0 bridgehead atoms. The van der Waals surface area contributed by atoms with E-state index in [4.69, 9.17) is 4.74 Å². The maximum Gasteiger partial charge on any atom is 0.338 e. The fourth-order valence-electron chi connectivity index (χ4n) is 3.13. The lowest BCUT2D eigenvalue weighted by molar-refractivity contribution is 0.0318. The fraction of sp³-hybridized carbons (Fsp3) is 0.417. The van der Waals surface area contributed by atoms with Gasteiger partial charge in [-0.1, -0.05) is 58.9 Å². The molecule has 0 fully saturated rings. The highest BCUT2D eigenvalue weighted by Crippen LogP contribution is 2.23. The minimum absolute atomic E-state index is 0.0232. The van der Waals surface area contributed by atoms with Crippen LogP contribution in [0.2, 0.25) is 0 Å². The summed E-state index contributed by atoms with van der Waals surface area (Å²) < 4.78 is 31.8. The van der Waals surface area contributed by atoms with Crippen LogP contribution in [0.5, 0.6) is 0 Å². The van der Waals surface area contributed by atoms with Crippen molar-refractivity contribution in [3.8, 4) is 0 Å². The molecule has 0 N–H and O–H groups in total. The molecule has 0 saturated heterocycles. The lowest BCUT2D eigenvalue weighted by Crippen LogP contribution is -2.30. The molecule has 0 heterocycles. The number of benzene rings is 2. The Morgan fingerprint density at radius 3 is 1.84 bits per heavy atom. The molecular weight excluding hydrogens is 414 g/mol. The predicted molar refractivity (Wildman–Crippen MR) is 121 cm³/mol. The molecule has 0 radical (unpaired) electrons. The lowest BCUT2D eigenvalue weighted by Gasteiger charge is -2.19. The second-order valence-electron chi connectivity index (χ2n) is 8.35. The molecule has 2 aromatic rings. The summed E-state index contributed by atoms with van der Waals surface area (Å²) in [6.07, 6.45) is -0.966. The Hall–Kier alpha value is -2.51. The highest BCUT2D eigenvalue weighted by atomic mass is 32.2. The molecular formula is C24H31NO5S. The Kier molecular flexibility index (Phi) is 7.78. The number of hydrogen-bond acceptors (Lipinski definition) is 5. The summed E-state index contributed by atoms with van der Waals surface area (Å²) in [5.41, 5.74) is 1.73. The van der Waals surface area contributed by atoms with E-state index in [1.165, 1.54) is 35.5 Å². The van der Waals surface area contributed by atoms with Crippen molar-refractivity contribution in [3.05, 3.63) is 65.2 Å². The van der Waals surface area contributed by atoms with E-state index >= 15 is 0 Å². The number of nitrogens with zero attached hydrogens (tertiary/aromatic N) is 1. The van der Waals surface area contributed by atoms with Gasteiger partial charge >= 0.3 is 5.97 Å². The number of carbonyl (C=O) groups excluding carboxylic acids is 2. The third-order valence-electron chi connectivity index (χ3n) is 5.12. The average molecular weight is 446 g/mol. The highest BCUT2D eigenvalue weighted by Gasteiger charge is 2.24. The van der Waals surface area contributed by atoms with Gasteiger partial charge in [-0.3, -0.25) is 4.79 Å². The van der Waals surface area contributed by atoms with E-state index in [1.807, 2.05) is 12.1 Å². The first-order chi connectivity index (χ1) is 14.4. The topological polar surface area (TPSA) is 80.8 Å². The SMILES string of the molecule is CCN(CC)S(=O)(=O)c1ccc(C(=O)O[C@H](C)C(=O)c2ccc(C(C)(C)C)cc2)cc1. The van der Waals surface area contributed by atoms with E-state index in [0.29, 0.717) is 18.7 Å². The van der Waals surface area contributed by atoms with Crippen molar-refractivity contribution in [3.63, 3.8) is 0 Å². The number of esters is 1. The van der Waals surface area contributed by atoms with Crippen LogP contribution >= 0.6 is 0 Å². The van der Waals surface area contributed by atoms with Crippen molar-refractivity contribution in [1.29, 1.82) is 0 Å². The predicted octanol–water partition coefficient (Wildman–Crippen LogP) is 4.44. The molecule has 2 rings (SSSR count). The van der Waals surface area contributed by atoms with Crippen LogP contribution < -0.4 is 0 Å². The smallest absolute Gasteiger partial charge is 0.338 e. The summed E-state index contributed by atoms with van der Waals surface area (Å²) in [6, 6.07) is 12.8. The summed E-state index contributed by atoms with van der Waals surface area (Å²) in [7, 11) is -3.60. The molecule has 0 aliphatic carbocycles. The Labute approximate surface area is 185 Å². The summed E-state index contributed by atoms with van der Waals surface area (Å²) in [5, 5.41) is 0. The zero-order valence-corrected chi connectivity index (χ0v) is 19.8. The van der Waals surface area contributed by atoms with Crippen LogP contribution in [0.4, 0.5) is 0 Å². The van der Waals surface area contributed by atoms with Crippen LogP contribution in [0, 0.1) is 0 Å². The van der Waals surface area contributed by atoms with E-state index in [2.05, 4.69) is 20.8 Å². The Morgan fingerprint density at radius 2 is 1.39 bits per heavy atom. The first-order valence-corrected chi connectivity index (χ1v) is 11.8. The van der Waals surface area contributed by atoms with Gasteiger partial charge in [-0.2, -0.15) is 4.31 Å². The molecule has 0 amide bonds. The van der Waals surface area contributed by atoms with Gasteiger partial charge in [-0.25, -0.2) is 13.2 Å². The lowest BCUT2D eigenvalue weighted by atomic mass is 9.86. The maximum absolute atomic E-state index is 12.6. The Bertz CT molecular complexity index is 1020. The van der Waals surface area contributed by atoms with Crippen molar-refractivity contribution >= 4 is 21.8 Å². The van der Waals surface area contributed by atoms with E-state index in [1.54, 1.807) is 26.0 Å². The van der Waals surface area contributed by atoms with Crippen molar-refractivity contribution in [2.24, 2.45) is 0 Å². The fourth-order valence-corrected chi connectivity index (χ4v) is 4.58. The number of hydrogen-bond donors (Lipinski definition) is 0. The van der Waals surface area contributed by atoms with Gasteiger partial charge in [-0.05, 0) is 42.2 Å². The molecule has 168 valence electrons. The van der Waals surface area contributed by atoms with Crippen LogP contribution in [-0.4, -0.2) is 43.7 Å². The molecule has 0 aliphatic heterocycles.